The van der Waals surface area contributed by atoms with E-state index in [-0.39, 0.29) is 19.4 Å². The van der Waals surface area contributed by atoms with Crippen molar-refractivity contribution in [1.82, 2.24) is 20.8 Å². The molecular weight excluding hydrogens is 268 g/mol. The SMILES string of the molecule is O=C(O)CCCCC(=O)NC(=O)NCCc1ncon1. The van der Waals surface area contributed by atoms with Gasteiger partial charge in [-0.15, -0.1) is 0 Å². The molecule has 3 amide bonds. The maximum absolute atomic E-state index is 11.3. The summed E-state index contributed by atoms with van der Waals surface area (Å²) < 4.78 is 4.52. The predicted octanol–water partition coefficient (Wildman–Crippen LogP) is 0.0829. The first-order valence-corrected chi connectivity index (χ1v) is 6.12. The lowest BCUT2D eigenvalue weighted by atomic mass is 10.2. The normalized spacial score (nSPS) is 10.0. The Morgan fingerprint density at radius 2 is 2.00 bits per heavy atom. The van der Waals surface area contributed by atoms with E-state index >= 15 is 0 Å². The smallest absolute Gasteiger partial charge is 0.321 e. The summed E-state index contributed by atoms with van der Waals surface area (Å²) in [6.45, 7) is 0.275. The number of carboxylic acids is 1. The molecule has 0 fully saturated rings. The Hall–Kier alpha value is -2.45. The Kier molecular flexibility index (Phi) is 6.72. The van der Waals surface area contributed by atoms with E-state index in [2.05, 4.69) is 25.3 Å². The number of hydrogen-bond donors (Lipinski definition) is 3. The van der Waals surface area contributed by atoms with Crippen molar-refractivity contribution < 1.29 is 24.0 Å². The quantitative estimate of drug-likeness (QED) is 0.575. The fourth-order valence-electron chi connectivity index (χ4n) is 1.39. The number of unbranched alkanes of at least 4 members (excludes halogenated alkanes) is 1. The first-order valence-electron chi connectivity index (χ1n) is 6.12. The van der Waals surface area contributed by atoms with Gasteiger partial charge in [0.15, 0.2) is 5.82 Å². The minimum Gasteiger partial charge on any atom is -0.481 e. The van der Waals surface area contributed by atoms with Crippen LogP contribution in [0.15, 0.2) is 10.9 Å². The number of carbonyl (C=O) groups excluding carboxylic acids is 2. The number of aliphatic carboxylic acids is 1. The van der Waals surface area contributed by atoms with E-state index in [1.807, 2.05) is 0 Å². The zero-order chi connectivity index (χ0) is 14.8. The molecule has 1 aromatic heterocycles. The van der Waals surface area contributed by atoms with E-state index in [0.717, 1.165) is 0 Å². The Morgan fingerprint density at radius 3 is 2.65 bits per heavy atom. The number of carboxylic acid groups (broad SMARTS) is 1. The lowest BCUT2D eigenvalue weighted by Crippen LogP contribution is -2.40. The lowest BCUT2D eigenvalue weighted by Gasteiger charge is -2.05. The molecule has 1 aromatic rings. The monoisotopic (exact) mass is 284 g/mol. The van der Waals surface area contributed by atoms with Crippen molar-refractivity contribution in [3.05, 3.63) is 12.2 Å². The van der Waals surface area contributed by atoms with Gasteiger partial charge in [-0.1, -0.05) is 5.16 Å². The van der Waals surface area contributed by atoms with Crippen LogP contribution in [0.25, 0.3) is 0 Å². The fourth-order valence-corrected chi connectivity index (χ4v) is 1.39. The molecule has 0 saturated carbocycles. The van der Waals surface area contributed by atoms with E-state index in [9.17, 15) is 14.4 Å². The molecule has 0 aliphatic rings. The van der Waals surface area contributed by atoms with Gasteiger partial charge in [0, 0.05) is 25.8 Å². The summed E-state index contributed by atoms with van der Waals surface area (Å²) in [4.78, 5) is 36.7. The summed E-state index contributed by atoms with van der Waals surface area (Å²) in [7, 11) is 0. The molecule has 1 heterocycles. The third-order valence-corrected chi connectivity index (χ3v) is 2.34. The van der Waals surface area contributed by atoms with Gasteiger partial charge in [-0.25, -0.2) is 4.79 Å². The molecule has 0 bridgehead atoms. The highest BCUT2D eigenvalue weighted by molar-refractivity contribution is 5.94. The third-order valence-electron chi connectivity index (χ3n) is 2.34. The Balaban J connectivity index is 2.05. The Bertz CT molecular complexity index is 446. The van der Waals surface area contributed by atoms with Gasteiger partial charge >= 0.3 is 12.0 Å². The fraction of sp³-hybridized carbons (Fsp3) is 0.545. The molecule has 20 heavy (non-hydrogen) atoms. The van der Waals surface area contributed by atoms with Crippen LogP contribution in [0.4, 0.5) is 4.79 Å². The molecule has 9 nitrogen and oxygen atoms in total. The van der Waals surface area contributed by atoms with Crippen LogP contribution in [0, 0.1) is 0 Å². The number of nitrogens with one attached hydrogen (secondary N) is 2. The average molecular weight is 284 g/mol. The molecule has 9 heteroatoms. The van der Waals surface area contributed by atoms with Crippen LogP contribution in [-0.4, -0.2) is 39.7 Å². The van der Waals surface area contributed by atoms with E-state index in [4.69, 9.17) is 5.11 Å². The second kappa shape index (κ2) is 8.62. The summed E-state index contributed by atoms with van der Waals surface area (Å²) in [5.74, 6) is -0.873. The maximum Gasteiger partial charge on any atom is 0.321 e. The van der Waals surface area contributed by atoms with Crippen molar-refractivity contribution in [3.8, 4) is 0 Å². The number of urea groups is 1. The largest absolute Gasteiger partial charge is 0.481 e. The van der Waals surface area contributed by atoms with Crippen LogP contribution in [0.3, 0.4) is 0 Å². The summed E-state index contributed by atoms with van der Waals surface area (Å²) >= 11 is 0. The number of hydrogen-bond acceptors (Lipinski definition) is 6. The van der Waals surface area contributed by atoms with Crippen molar-refractivity contribution in [2.24, 2.45) is 0 Å². The van der Waals surface area contributed by atoms with Crippen LogP contribution in [-0.2, 0) is 16.0 Å². The number of aromatic nitrogens is 2. The molecule has 0 unspecified atom stereocenters. The molecule has 0 saturated heterocycles. The second-order valence-corrected chi connectivity index (χ2v) is 4.00. The topological polar surface area (TPSA) is 134 Å². The van der Waals surface area contributed by atoms with Gasteiger partial charge in [-0.05, 0) is 12.8 Å². The van der Waals surface area contributed by atoms with Gasteiger partial charge in [0.25, 0.3) is 0 Å². The number of carbonyl (C=O) groups is 3. The van der Waals surface area contributed by atoms with Crippen molar-refractivity contribution in [2.45, 2.75) is 32.1 Å². The van der Waals surface area contributed by atoms with Crippen LogP contribution in [0.2, 0.25) is 0 Å². The standard InChI is InChI=1S/C11H16N4O5/c16-9(3-1-2-4-10(17)18)14-11(19)12-6-5-8-13-7-20-15-8/h7H,1-6H2,(H,17,18)(H2,12,14,16,19). The average Bonchev–Trinajstić information content (AvgIpc) is 2.87. The number of imide groups is 1. The van der Waals surface area contributed by atoms with Crippen LogP contribution in [0.5, 0.6) is 0 Å². The van der Waals surface area contributed by atoms with E-state index in [0.29, 0.717) is 25.1 Å². The van der Waals surface area contributed by atoms with Gasteiger partial charge in [0.2, 0.25) is 12.3 Å². The third kappa shape index (κ3) is 7.09. The minimum absolute atomic E-state index is 0.0180. The maximum atomic E-state index is 11.3. The molecular formula is C11H16N4O5. The molecule has 0 spiro atoms. The minimum atomic E-state index is -0.899. The van der Waals surface area contributed by atoms with E-state index in [1.165, 1.54) is 6.39 Å². The molecule has 3 N–H and O–H groups in total. The van der Waals surface area contributed by atoms with Crippen LogP contribution in [0.1, 0.15) is 31.5 Å². The Labute approximate surface area is 114 Å². The summed E-state index contributed by atoms with van der Waals surface area (Å²) in [6, 6.07) is -0.600. The van der Waals surface area contributed by atoms with Gasteiger partial charge in [0.1, 0.15) is 0 Å². The van der Waals surface area contributed by atoms with Gasteiger partial charge in [-0.2, -0.15) is 4.98 Å². The molecule has 0 aliphatic carbocycles. The second-order valence-electron chi connectivity index (χ2n) is 4.00. The van der Waals surface area contributed by atoms with Crippen molar-refractivity contribution in [2.75, 3.05) is 6.54 Å². The lowest BCUT2D eigenvalue weighted by molar-refractivity contribution is -0.137. The number of amides is 3. The molecule has 0 radical (unpaired) electrons. The van der Waals surface area contributed by atoms with Gasteiger partial charge in [-0.3, -0.25) is 14.9 Å². The first kappa shape index (κ1) is 15.6. The van der Waals surface area contributed by atoms with Crippen LogP contribution >= 0.6 is 0 Å². The van der Waals surface area contributed by atoms with Gasteiger partial charge in [0.05, 0.1) is 0 Å². The first-order chi connectivity index (χ1) is 9.58. The molecule has 1 rings (SSSR count). The van der Waals surface area contributed by atoms with Crippen molar-refractivity contribution in [3.63, 3.8) is 0 Å². The van der Waals surface area contributed by atoms with E-state index < -0.39 is 17.9 Å². The summed E-state index contributed by atoms with van der Waals surface area (Å²) in [5.41, 5.74) is 0. The summed E-state index contributed by atoms with van der Waals surface area (Å²) in [5, 5.41) is 16.6. The van der Waals surface area contributed by atoms with Crippen molar-refractivity contribution in [1.29, 1.82) is 0 Å². The summed E-state index contributed by atoms with van der Waals surface area (Å²) in [6.07, 6.45) is 2.55. The highest BCUT2D eigenvalue weighted by Gasteiger charge is 2.08. The highest BCUT2D eigenvalue weighted by Crippen LogP contribution is 1.99. The van der Waals surface area contributed by atoms with Gasteiger partial charge < -0.3 is 14.9 Å². The predicted molar refractivity (Wildman–Crippen MR) is 65.6 cm³/mol. The molecule has 0 aromatic carbocycles. The highest BCUT2D eigenvalue weighted by atomic mass is 16.5. The molecule has 0 aliphatic heterocycles. The van der Waals surface area contributed by atoms with Crippen LogP contribution < -0.4 is 10.6 Å². The Morgan fingerprint density at radius 1 is 1.25 bits per heavy atom. The number of rotatable bonds is 8. The number of nitrogens with zero attached hydrogens (tertiary/aromatic N) is 2. The van der Waals surface area contributed by atoms with E-state index in [1.54, 1.807) is 0 Å². The molecule has 110 valence electrons. The van der Waals surface area contributed by atoms with Crippen molar-refractivity contribution >= 4 is 17.9 Å². The molecule has 0 atom stereocenters. The zero-order valence-corrected chi connectivity index (χ0v) is 10.8. The zero-order valence-electron chi connectivity index (χ0n) is 10.8.